The zero-order chi connectivity index (χ0) is 14.1. The van der Waals surface area contributed by atoms with E-state index in [9.17, 15) is 13.0 Å². The summed E-state index contributed by atoms with van der Waals surface area (Å²) in [6, 6.07) is 10.1. The minimum Gasteiger partial charge on any atom is -0.726 e. The van der Waals surface area contributed by atoms with Gasteiger partial charge in [-0.05, 0) is 18.6 Å². The summed E-state index contributed by atoms with van der Waals surface area (Å²) in [5.41, 5.74) is 6.36. The third kappa shape index (κ3) is 7.52. The first-order chi connectivity index (χ1) is 9.01. The second-order valence-corrected chi connectivity index (χ2v) is 4.86. The van der Waals surface area contributed by atoms with Gasteiger partial charge in [0.05, 0.1) is 12.8 Å². The number of hydrogen-bond donors (Lipinski definition) is 2. The van der Waals surface area contributed by atoms with Crippen molar-refractivity contribution < 1.29 is 22.6 Å². The van der Waals surface area contributed by atoms with E-state index in [1.54, 1.807) is 0 Å². The lowest BCUT2D eigenvalue weighted by Gasteiger charge is -2.02. The van der Waals surface area contributed by atoms with Gasteiger partial charge in [-0.15, -0.1) is 0 Å². The number of nitrogens with one attached hydrogen (secondary N) is 1. The van der Waals surface area contributed by atoms with E-state index in [1.165, 1.54) is 12.3 Å². The summed E-state index contributed by atoms with van der Waals surface area (Å²) < 4.78 is 31.0. The first-order valence-corrected chi connectivity index (χ1v) is 7.04. The largest absolute Gasteiger partial charge is 0.726 e. The van der Waals surface area contributed by atoms with Gasteiger partial charge in [-0.25, -0.2) is 24.3 Å². The monoisotopic (exact) mass is 287 g/mol. The molecule has 0 spiro atoms. The van der Waals surface area contributed by atoms with Crippen LogP contribution in [0.4, 0.5) is 5.69 Å². The van der Waals surface area contributed by atoms with E-state index >= 15 is 0 Å². The molecule has 1 aromatic rings. The highest BCUT2D eigenvalue weighted by atomic mass is 32.3. The average molecular weight is 287 g/mol. The first kappa shape index (κ1) is 15.6. The Hall–Kier alpha value is -1.48. The van der Waals surface area contributed by atoms with E-state index in [4.69, 9.17) is 0 Å². The van der Waals surface area contributed by atoms with E-state index in [0.29, 0.717) is 0 Å². The Bertz CT molecular complexity index is 502. The fourth-order valence-corrected chi connectivity index (χ4v) is 1.38. The van der Waals surface area contributed by atoms with Crippen molar-refractivity contribution in [2.24, 2.45) is 4.99 Å². The average Bonchev–Trinajstić information content (AvgIpc) is 2.91. The van der Waals surface area contributed by atoms with Crippen LogP contribution in [0.5, 0.6) is 0 Å². The minimum atomic E-state index is -4.41. The molecule has 8 heteroatoms. The fraction of sp³-hybridized carbons (Fsp3) is 0.364. The van der Waals surface area contributed by atoms with Gasteiger partial charge in [0.15, 0.2) is 0 Å². The van der Waals surface area contributed by atoms with Gasteiger partial charge in [-0.1, -0.05) is 18.2 Å². The first-order valence-electron chi connectivity index (χ1n) is 5.71. The van der Waals surface area contributed by atoms with Gasteiger partial charge in [0.25, 0.3) is 0 Å². The SMILES string of the molecule is COS(=O)(=O)[O-].c1ccc(N[NH2+]C2=NCCC2)cc1. The maximum atomic E-state index is 9.22. The van der Waals surface area contributed by atoms with Crippen LogP contribution in [-0.4, -0.2) is 32.5 Å². The van der Waals surface area contributed by atoms with Gasteiger partial charge >= 0.3 is 0 Å². The predicted molar refractivity (Wildman–Crippen MR) is 70.2 cm³/mol. The maximum Gasteiger partial charge on any atom is 0.219 e. The Balaban J connectivity index is 0.000000258. The van der Waals surface area contributed by atoms with Crippen LogP contribution in [0.2, 0.25) is 0 Å². The zero-order valence-corrected chi connectivity index (χ0v) is 11.4. The molecule has 1 aliphatic rings. The number of nitrogen functional groups attached to an aromatic ring is 1. The number of quaternary nitrogens is 1. The molecule has 106 valence electrons. The molecule has 0 amide bonds. The number of anilines is 1. The number of benzene rings is 1. The van der Waals surface area contributed by atoms with E-state index in [0.717, 1.165) is 25.8 Å². The predicted octanol–water partition coefficient (Wildman–Crippen LogP) is -0.138. The van der Waals surface area contributed by atoms with E-state index < -0.39 is 10.4 Å². The van der Waals surface area contributed by atoms with Gasteiger partial charge in [0, 0.05) is 13.0 Å². The van der Waals surface area contributed by atoms with Crippen LogP contribution in [0.1, 0.15) is 12.8 Å². The Labute approximate surface area is 112 Å². The molecule has 1 aliphatic heterocycles. The molecule has 1 heterocycles. The Morgan fingerprint density at radius 2 is 2.00 bits per heavy atom. The molecule has 0 atom stereocenters. The summed E-state index contributed by atoms with van der Waals surface area (Å²) in [5.74, 6) is 1.18. The van der Waals surface area contributed by atoms with E-state index in [1.807, 2.05) is 35.8 Å². The zero-order valence-electron chi connectivity index (χ0n) is 10.6. The van der Waals surface area contributed by atoms with Crippen molar-refractivity contribution in [1.82, 2.24) is 0 Å². The van der Waals surface area contributed by atoms with Crippen molar-refractivity contribution in [1.29, 1.82) is 0 Å². The van der Waals surface area contributed by atoms with Gasteiger partial charge in [0.1, 0.15) is 0 Å². The molecule has 0 unspecified atom stereocenters. The molecular weight excluding hydrogens is 270 g/mol. The van der Waals surface area contributed by atoms with E-state index in [2.05, 4.69) is 14.6 Å². The van der Waals surface area contributed by atoms with Gasteiger partial charge in [0.2, 0.25) is 16.2 Å². The number of rotatable bonds is 3. The lowest BCUT2D eigenvalue weighted by molar-refractivity contribution is -0.507. The van der Waals surface area contributed by atoms with Crippen molar-refractivity contribution in [2.75, 3.05) is 19.1 Å². The lowest BCUT2D eigenvalue weighted by atomic mass is 10.3. The van der Waals surface area contributed by atoms with Crippen molar-refractivity contribution >= 4 is 21.9 Å². The van der Waals surface area contributed by atoms with Crippen LogP contribution < -0.4 is 10.9 Å². The normalized spacial score (nSPS) is 14.3. The quantitative estimate of drug-likeness (QED) is 0.348. The number of amidine groups is 1. The fourth-order valence-electron chi connectivity index (χ4n) is 1.38. The summed E-state index contributed by atoms with van der Waals surface area (Å²) in [4.78, 5) is 4.35. The van der Waals surface area contributed by atoms with Gasteiger partial charge in [-0.3, -0.25) is 4.18 Å². The number of hydrogen-bond acceptors (Lipinski definition) is 6. The van der Waals surface area contributed by atoms with Crippen molar-refractivity contribution in [3.8, 4) is 0 Å². The number of aliphatic imine (C=N–C) groups is 1. The standard InChI is InChI=1S/C10H13N3.CH4O4S/c1-2-5-9(6-3-1)12-13-10-7-4-8-11-10;1-5-6(2,3)4/h1-3,5-6,12H,4,7-8H2,(H,11,13);1H3,(H,2,3,4). The number of nitrogens with two attached hydrogens (primary N) is 1. The smallest absolute Gasteiger partial charge is 0.219 e. The molecule has 19 heavy (non-hydrogen) atoms. The molecule has 0 aliphatic carbocycles. The molecule has 0 bridgehead atoms. The summed E-state index contributed by atoms with van der Waals surface area (Å²) in [7, 11) is -3.60. The van der Waals surface area contributed by atoms with Crippen LogP contribution in [0.15, 0.2) is 35.3 Å². The van der Waals surface area contributed by atoms with Crippen molar-refractivity contribution in [2.45, 2.75) is 12.8 Å². The third-order valence-electron chi connectivity index (χ3n) is 2.29. The topological polar surface area (TPSA) is 107 Å². The molecule has 1 aromatic carbocycles. The number of para-hydroxylation sites is 1. The third-order valence-corrected chi connectivity index (χ3v) is 2.70. The van der Waals surface area contributed by atoms with Gasteiger partial charge < -0.3 is 4.55 Å². The molecular formula is C11H17N3O4S. The minimum absolute atomic E-state index is 0.808. The molecule has 0 fully saturated rings. The Kier molecular flexibility index (Phi) is 6.43. The molecule has 0 radical (unpaired) electrons. The number of nitrogens with zero attached hydrogens (tertiary/aromatic N) is 1. The molecule has 2 rings (SSSR count). The molecule has 3 N–H and O–H groups in total. The van der Waals surface area contributed by atoms with Crippen LogP contribution in [0, 0.1) is 0 Å². The lowest BCUT2D eigenvalue weighted by Crippen LogP contribution is -2.91. The second kappa shape index (κ2) is 7.85. The second-order valence-electron chi connectivity index (χ2n) is 3.71. The summed E-state index contributed by atoms with van der Waals surface area (Å²) in [5, 5.41) is 0. The molecule has 0 saturated heterocycles. The van der Waals surface area contributed by atoms with Crippen molar-refractivity contribution in [3.05, 3.63) is 30.3 Å². The Morgan fingerprint density at radius 3 is 2.47 bits per heavy atom. The highest BCUT2D eigenvalue weighted by Gasteiger charge is 2.09. The van der Waals surface area contributed by atoms with Crippen LogP contribution in [0.25, 0.3) is 0 Å². The summed E-state index contributed by atoms with van der Waals surface area (Å²) >= 11 is 0. The van der Waals surface area contributed by atoms with Crippen molar-refractivity contribution in [3.63, 3.8) is 0 Å². The summed E-state index contributed by atoms with van der Waals surface area (Å²) in [6.07, 6.45) is 2.31. The van der Waals surface area contributed by atoms with Crippen LogP contribution in [0.3, 0.4) is 0 Å². The van der Waals surface area contributed by atoms with E-state index in [-0.39, 0.29) is 0 Å². The maximum absolute atomic E-state index is 9.22. The Morgan fingerprint density at radius 1 is 1.37 bits per heavy atom. The van der Waals surface area contributed by atoms with Crippen LogP contribution >= 0.6 is 0 Å². The molecule has 0 aromatic heterocycles. The molecule has 7 nitrogen and oxygen atoms in total. The molecule has 0 saturated carbocycles. The van der Waals surface area contributed by atoms with Gasteiger partial charge in [-0.2, -0.15) is 0 Å². The summed E-state index contributed by atoms with van der Waals surface area (Å²) in [6.45, 7) is 0.988. The van der Waals surface area contributed by atoms with Crippen LogP contribution in [-0.2, 0) is 14.6 Å². The highest BCUT2D eigenvalue weighted by molar-refractivity contribution is 7.80. The highest BCUT2D eigenvalue weighted by Crippen LogP contribution is 2.02.